The van der Waals surface area contributed by atoms with Gasteiger partial charge in [0.2, 0.25) is 0 Å². The second kappa shape index (κ2) is 13.8. The monoisotopic (exact) mass is 546 g/mol. The number of fused-ring (bicyclic) bond motifs is 1. The number of hydrogen-bond donors (Lipinski definition) is 2. The Hall–Kier alpha value is -2.85. The lowest BCUT2D eigenvalue weighted by Crippen LogP contribution is -2.38. The third kappa shape index (κ3) is 8.33. The molecule has 11 nitrogen and oxygen atoms in total. The first-order valence-electron chi connectivity index (χ1n) is 12.9. The van der Waals surface area contributed by atoms with Gasteiger partial charge in [-0.05, 0) is 45.2 Å². The summed E-state index contributed by atoms with van der Waals surface area (Å²) in [5.74, 6) is -0.157. The van der Waals surface area contributed by atoms with E-state index in [4.69, 9.17) is 19.7 Å². The summed E-state index contributed by atoms with van der Waals surface area (Å²) in [5, 5.41) is 2.99. The molecule has 0 aliphatic heterocycles. The predicted molar refractivity (Wildman–Crippen MR) is 146 cm³/mol. The van der Waals surface area contributed by atoms with Gasteiger partial charge in [0.05, 0.1) is 31.7 Å². The van der Waals surface area contributed by atoms with Gasteiger partial charge in [-0.15, -0.1) is 0 Å². The molecule has 3 N–H and O–H groups in total. The Morgan fingerprint density at radius 2 is 1.95 bits per heavy atom. The van der Waals surface area contributed by atoms with Crippen LogP contribution in [-0.4, -0.2) is 50.1 Å². The molecule has 0 saturated carbocycles. The van der Waals surface area contributed by atoms with Crippen molar-refractivity contribution in [1.29, 1.82) is 0 Å². The van der Waals surface area contributed by atoms with Crippen LogP contribution in [-0.2, 0) is 36.5 Å². The number of benzene rings is 1. The fourth-order valence-electron chi connectivity index (χ4n) is 3.84. The second-order valence-electron chi connectivity index (χ2n) is 9.62. The highest BCUT2D eigenvalue weighted by Crippen LogP contribution is 2.45. The molecule has 2 heterocycles. The zero-order valence-electron chi connectivity index (χ0n) is 22.8. The second-order valence-corrected chi connectivity index (χ2v) is 11.7. The van der Waals surface area contributed by atoms with Crippen LogP contribution in [0.4, 0.5) is 5.82 Å². The number of nitrogen functional groups attached to an aromatic ring is 1. The van der Waals surface area contributed by atoms with Gasteiger partial charge in [0.25, 0.3) is 7.52 Å². The number of hydrogen-bond acceptors (Lipinski definition) is 9. The Balaban J connectivity index is 1.75. The molecule has 3 rings (SSSR count). The van der Waals surface area contributed by atoms with Crippen LogP contribution in [0.5, 0.6) is 0 Å². The first-order chi connectivity index (χ1) is 18.1. The van der Waals surface area contributed by atoms with E-state index in [0.29, 0.717) is 29.9 Å². The number of nitrogens with two attached hydrogens (primary N) is 1. The number of nitrogens with one attached hydrogen (secondary N) is 1. The highest BCUT2D eigenvalue weighted by Gasteiger charge is 2.33. The summed E-state index contributed by atoms with van der Waals surface area (Å²) >= 11 is 0. The molecule has 12 heteroatoms. The van der Waals surface area contributed by atoms with Gasteiger partial charge in [0, 0.05) is 0 Å². The van der Waals surface area contributed by atoms with Gasteiger partial charge in [0.15, 0.2) is 11.5 Å². The van der Waals surface area contributed by atoms with Crippen molar-refractivity contribution in [2.75, 3.05) is 12.1 Å². The highest BCUT2D eigenvalue weighted by molar-refractivity contribution is 7.56. The van der Waals surface area contributed by atoms with Crippen molar-refractivity contribution in [3.63, 3.8) is 0 Å². The van der Waals surface area contributed by atoms with Crippen LogP contribution in [0.2, 0.25) is 0 Å². The first kappa shape index (κ1) is 29.7. The van der Waals surface area contributed by atoms with Gasteiger partial charge in [0.1, 0.15) is 24.2 Å². The van der Waals surface area contributed by atoms with Crippen molar-refractivity contribution < 1.29 is 23.4 Å². The molecule has 1 aromatic carbocycles. The van der Waals surface area contributed by atoms with Gasteiger partial charge in [-0.25, -0.2) is 20.0 Å². The van der Waals surface area contributed by atoms with Crippen LogP contribution in [0.25, 0.3) is 11.2 Å². The van der Waals surface area contributed by atoms with Gasteiger partial charge < -0.3 is 24.3 Å². The van der Waals surface area contributed by atoms with Crippen LogP contribution in [0.1, 0.15) is 58.1 Å². The number of nitrogens with zero attached hydrogens (tertiary/aromatic N) is 4. The number of rotatable bonds is 15. The van der Waals surface area contributed by atoms with E-state index in [-0.39, 0.29) is 25.2 Å². The minimum atomic E-state index is -3.64. The molecule has 0 amide bonds. The molecule has 0 radical (unpaired) electrons. The van der Waals surface area contributed by atoms with Crippen LogP contribution in [0.15, 0.2) is 36.9 Å². The molecule has 1 unspecified atom stereocenters. The van der Waals surface area contributed by atoms with Crippen molar-refractivity contribution in [3.05, 3.63) is 48.0 Å². The van der Waals surface area contributed by atoms with E-state index < -0.39 is 19.5 Å². The number of carbonyl (C=O) groups is 1. The van der Waals surface area contributed by atoms with Crippen molar-refractivity contribution in [2.45, 2.75) is 85.3 Å². The molecule has 2 aromatic heterocycles. The van der Waals surface area contributed by atoms with E-state index in [0.717, 1.165) is 24.0 Å². The summed E-state index contributed by atoms with van der Waals surface area (Å²) in [7, 11) is -3.64. The van der Waals surface area contributed by atoms with Gasteiger partial charge in [-0.3, -0.25) is 9.36 Å². The Morgan fingerprint density at radius 3 is 2.66 bits per heavy atom. The standard InChI is InChI=1S/C26H39N6O5P/c1-6-7-12-22(26(33)37-18(2)3)31-38(34,36-14-21-11-9-8-10-19(21)4)17-35-20(5)13-32-16-30-23-24(27)28-15-29-25(23)32/h8-11,15-16,18,20,22H,6-7,12-14,17H2,1-5H3,(H,31,34)(H2,27,28,29)/t20-,22+,38?/m1/s1. The van der Waals surface area contributed by atoms with Crippen molar-refractivity contribution in [1.82, 2.24) is 24.6 Å². The number of esters is 1. The van der Waals surface area contributed by atoms with Gasteiger partial charge >= 0.3 is 5.97 Å². The molecule has 0 saturated heterocycles. The Labute approximate surface area is 224 Å². The molecule has 0 fully saturated rings. The van der Waals surface area contributed by atoms with Crippen LogP contribution < -0.4 is 10.8 Å². The lowest BCUT2D eigenvalue weighted by Gasteiger charge is -2.27. The smallest absolute Gasteiger partial charge is 0.323 e. The van der Waals surface area contributed by atoms with E-state index >= 15 is 0 Å². The average Bonchev–Trinajstić information content (AvgIpc) is 3.28. The Kier molecular flexibility index (Phi) is 10.8. The number of anilines is 1. The number of carbonyl (C=O) groups excluding carboxylic acids is 1. The third-order valence-corrected chi connectivity index (χ3v) is 7.68. The highest BCUT2D eigenvalue weighted by atomic mass is 31.2. The largest absolute Gasteiger partial charge is 0.462 e. The van der Waals surface area contributed by atoms with Crippen LogP contribution in [0, 0.1) is 6.92 Å². The van der Waals surface area contributed by atoms with E-state index in [1.54, 1.807) is 24.7 Å². The van der Waals surface area contributed by atoms with Crippen LogP contribution >= 0.6 is 7.52 Å². The zero-order chi connectivity index (χ0) is 27.7. The number of unbranched alkanes of at least 4 members (excludes halogenated alkanes) is 1. The molecule has 0 spiro atoms. The van der Waals surface area contributed by atoms with Gasteiger partial charge in [-0.2, -0.15) is 0 Å². The normalized spacial score (nSPS) is 14.9. The van der Waals surface area contributed by atoms with E-state index in [1.165, 1.54) is 6.33 Å². The molecule has 208 valence electrons. The molecule has 38 heavy (non-hydrogen) atoms. The lowest BCUT2D eigenvalue weighted by molar-refractivity contribution is -0.149. The summed E-state index contributed by atoms with van der Waals surface area (Å²) < 4.78 is 33.3. The molecule has 3 aromatic rings. The van der Waals surface area contributed by atoms with Gasteiger partial charge in [-0.1, -0.05) is 44.0 Å². The maximum Gasteiger partial charge on any atom is 0.323 e. The van der Waals surface area contributed by atoms with Crippen molar-refractivity contribution in [3.8, 4) is 0 Å². The summed E-state index contributed by atoms with van der Waals surface area (Å²) in [4.78, 5) is 25.3. The van der Waals surface area contributed by atoms with E-state index in [9.17, 15) is 9.36 Å². The number of aryl methyl sites for hydroxylation is 1. The minimum absolute atomic E-state index is 0.108. The molecule has 0 aliphatic rings. The SMILES string of the molecule is CCCC[C@H](NP(=O)(CO[C@H](C)Cn1cnc2c(N)ncnc21)OCc1ccccc1C)C(=O)OC(C)C. The summed E-state index contributed by atoms with van der Waals surface area (Å²) in [5.41, 5.74) is 8.90. The molecule has 0 bridgehead atoms. The minimum Gasteiger partial charge on any atom is -0.462 e. The fourth-order valence-corrected chi connectivity index (χ4v) is 5.57. The van der Waals surface area contributed by atoms with Crippen molar-refractivity contribution in [2.24, 2.45) is 0 Å². The zero-order valence-corrected chi connectivity index (χ0v) is 23.7. The molecule has 3 atom stereocenters. The predicted octanol–water partition coefficient (Wildman–Crippen LogP) is 4.59. The summed E-state index contributed by atoms with van der Waals surface area (Å²) in [6, 6.07) is 6.94. The Bertz CT molecular complexity index is 1250. The summed E-state index contributed by atoms with van der Waals surface area (Å²) in [6.07, 6.45) is 4.20. The molecular formula is C26H39N6O5P. The maximum atomic E-state index is 14.1. The van der Waals surface area contributed by atoms with Crippen LogP contribution in [0.3, 0.4) is 0 Å². The number of imidazole rings is 1. The topological polar surface area (TPSA) is 143 Å². The van der Waals surface area contributed by atoms with E-state index in [2.05, 4.69) is 20.0 Å². The molecule has 0 aliphatic carbocycles. The Morgan fingerprint density at radius 1 is 1.18 bits per heavy atom. The van der Waals surface area contributed by atoms with E-state index in [1.807, 2.05) is 45.0 Å². The lowest BCUT2D eigenvalue weighted by atomic mass is 10.1. The molecular weight excluding hydrogens is 507 g/mol. The first-order valence-corrected chi connectivity index (χ1v) is 14.7. The fraction of sp³-hybridized carbons (Fsp3) is 0.538. The number of aromatic nitrogens is 4. The third-order valence-electron chi connectivity index (χ3n) is 5.94. The summed E-state index contributed by atoms with van der Waals surface area (Å²) in [6.45, 7) is 9.91. The average molecular weight is 547 g/mol. The maximum absolute atomic E-state index is 14.1. The quantitative estimate of drug-likeness (QED) is 0.205. The number of ether oxygens (including phenoxy) is 2. The van der Waals surface area contributed by atoms with Crippen molar-refractivity contribution >= 4 is 30.5 Å².